The SMILES string of the molecule is O=C(c1ccc(Cl)cc1Sc1ccccc1Cl)c1cnoc1C1CC1. The molecule has 0 spiro atoms. The fourth-order valence-corrected chi connectivity index (χ4v) is 4.11. The minimum absolute atomic E-state index is 0.102. The smallest absolute Gasteiger partial charge is 0.199 e. The average molecular weight is 390 g/mol. The molecule has 3 nitrogen and oxygen atoms in total. The highest BCUT2D eigenvalue weighted by Gasteiger charge is 2.33. The van der Waals surface area contributed by atoms with Crippen molar-refractivity contribution in [1.82, 2.24) is 5.16 Å². The van der Waals surface area contributed by atoms with Gasteiger partial charge < -0.3 is 4.52 Å². The summed E-state index contributed by atoms with van der Waals surface area (Å²) in [4.78, 5) is 14.7. The molecule has 0 radical (unpaired) electrons. The van der Waals surface area contributed by atoms with E-state index in [1.54, 1.807) is 18.2 Å². The average Bonchev–Trinajstić information content (AvgIpc) is 3.33. The maximum Gasteiger partial charge on any atom is 0.199 e. The van der Waals surface area contributed by atoms with Crippen LogP contribution < -0.4 is 0 Å². The molecule has 1 aromatic heterocycles. The minimum Gasteiger partial charge on any atom is -0.360 e. The van der Waals surface area contributed by atoms with Gasteiger partial charge in [0.1, 0.15) is 0 Å². The summed E-state index contributed by atoms with van der Waals surface area (Å²) in [6.45, 7) is 0. The van der Waals surface area contributed by atoms with E-state index < -0.39 is 0 Å². The molecule has 126 valence electrons. The van der Waals surface area contributed by atoms with Crippen LogP contribution in [0.3, 0.4) is 0 Å². The van der Waals surface area contributed by atoms with Gasteiger partial charge in [-0.25, -0.2) is 0 Å². The first-order valence-corrected chi connectivity index (χ1v) is 9.42. The third-order valence-corrected chi connectivity index (χ3v) is 5.85. The highest BCUT2D eigenvalue weighted by Crippen LogP contribution is 2.43. The molecule has 25 heavy (non-hydrogen) atoms. The lowest BCUT2D eigenvalue weighted by molar-refractivity contribution is 0.103. The van der Waals surface area contributed by atoms with Crippen molar-refractivity contribution in [2.24, 2.45) is 0 Å². The van der Waals surface area contributed by atoms with E-state index in [9.17, 15) is 4.79 Å². The van der Waals surface area contributed by atoms with Crippen molar-refractivity contribution in [3.05, 3.63) is 75.6 Å². The summed E-state index contributed by atoms with van der Waals surface area (Å²) in [5, 5.41) is 5.03. The van der Waals surface area contributed by atoms with Gasteiger partial charge in [0.05, 0.1) is 16.8 Å². The van der Waals surface area contributed by atoms with E-state index in [0.717, 1.165) is 22.6 Å². The third-order valence-electron chi connectivity index (χ3n) is 4.04. The maximum atomic E-state index is 13.1. The standard InChI is InChI=1S/C19H13Cl2NO2S/c20-12-7-8-13(17(9-12)25-16-4-2-1-3-15(16)21)18(23)14-10-22-24-19(14)11-5-6-11/h1-4,7-11H,5-6H2. The van der Waals surface area contributed by atoms with E-state index in [2.05, 4.69) is 5.16 Å². The van der Waals surface area contributed by atoms with E-state index in [1.165, 1.54) is 18.0 Å². The summed E-state index contributed by atoms with van der Waals surface area (Å²) >= 11 is 13.8. The van der Waals surface area contributed by atoms with Gasteiger partial charge >= 0.3 is 0 Å². The van der Waals surface area contributed by atoms with Gasteiger partial charge in [0, 0.05) is 26.3 Å². The first kappa shape index (κ1) is 16.7. The van der Waals surface area contributed by atoms with Crippen molar-refractivity contribution >= 4 is 40.7 Å². The number of halogens is 2. The molecular weight excluding hydrogens is 377 g/mol. The zero-order chi connectivity index (χ0) is 17.4. The van der Waals surface area contributed by atoms with E-state index >= 15 is 0 Å². The Morgan fingerprint density at radius 3 is 2.64 bits per heavy atom. The molecule has 0 bridgehead atoms. The van der Waals surface area contributed by atoms with E-state index in [1.807, 2.05) is 24.3 Å². The largest absolute Gasteiger partial charge is 0.360 e. The minimum atomic E-state index is -0.102. The Balaban J connectivity index is 1.73. The van der Waals surface area contributed by atoms with Crippen LogP contribution in [-0.4, -0.2) is 10.9 Å². The van der Waals surface area contributed by atoms with Crippen molar-refractivity contribution in [2.75, 3.05) is 0 Å². The molecule has 0 N–H and O–H groups in total. The second-order valence-electron chi connectivity index (χ2n) is 5.88. The van der Waals surface area contributed by atoms with Crippen LogP contribution >= 0.6 is 35.0 Å². The summed E-state index contributed by atoms with van der Waals surface area (Å²) < 4.78 is 5.31. The van der Waals surface area contributed by atoms with Gasteiger partial charge in [-0.05, 0) is 43.2 Å². The first-order chi connectivity index (χ1) is 12.1. The number of aromatic nitrogens is 1. The zero-order valence-corrected chi connectivity index (χ0v) is 15.4. The van der Waals surface area contributed by atoms with Gasteiger partial charge in [-0.2, -0.15) is 0 Å². The molecule has 1 fully saturated rings. The lowest BCUT2D eigenvalue weighted by Crippen LogP contribution is -2.04. The Labute approximate surface area is 159 Å². The predicted octanol–water partition coefficient (Wildman–Crippen LogP) is 6.24. The van der Waals surface area contributed by atoms with Crippen LogP contribution in [0.5, 0.6) is 0 Å². The number of ketones is 1. The lowest BCUT2D eigenvalue weighted by atomic mass is 10.0. The molecule has 0 saturated heterocycles. The summed E-state index contributed by atoms with van der Waals surface area (Å²) in [5.74, 6) is 0.899. The number of benzene rings is 2. The van der Waals surface area contributed by atoms with Crippen LogP contribution in [0.1, 0.15) is 40.4 Å². The van der Waals surface area contributed by atoms with Crippen molar-refractivity contribution in [2.45, 2.75) is 28.6 Å². The normalized spacial score (nSPS) is 13.8. The third kappa shape index (κ3) is 3.47. The number of hydrogen-bond acceptors (Lipinski definition) is 4. The number of nitrogens with zero attached hydrogens (tertiary/aromatic N) is 1. The monoisotopic (exact) mass is 389 g/mol. The fraction of sp³-hybridized carbons (Fsp3) is 0.158. The molecule has 0 aliphatic heterocycles. The van der Waals surface area contributed by atoms with Crippen molar-refractivity contribution < 1.29 is 9.32 Å². The van der Waals surface area contributed by atoms with Crippen molar-refractivity contribution in [1.29, 1.82) is 0 Å². The second kappa shape index (κ2) is 6.87. The van der Waals surface area contributed by atoms with Crippen LogP contribution in [0, 0.1) is 0 Å². The Bertz CT molecular complexity index is 950. The molecule has 4 rings (SSSR count). The van der Waals surface area contributed by atoms with E-state index in [0.29, 0.717) is 32.9 Å². The van der Waals surface area contributed by atoms with Crippen LogP contribution in [0.15, 0.2) is 63.0 Å². The molecule has 1 aliphatic rings. The Morgan fingerprint density at radius 1 is 1.08 bits per heavy atom. The molecule has 6 heteroatoms. The molecule has 0 amide bonds. The second-order valence-corrected chi connectivity index (χ2v) is 7.81. The van der Waals surface area contributed by atoms with Gasteiger partial charge in [-0.15, -0.1) is 0 Å². The zero-order valence-electron chi connectivity index (χ0n) is 13.0. The molecule has 1 saturated carbocycles. The molecule has 0 atom stereocenters. The summed E-state index contributed by atoms with van der Waals surface area (Å²) in [7, 11) is 0. The molecular formula is C19H13Cl2NO2S. The van der Waals surface area contributed by atoms with Gasteiger partial charge in [0.15, 0.2) is 11.5 Å². The fourth-order valence-electron chi connectivity index (χ4n) is 2.62. The highest BCUT2D eigenvalue weighted by molar-refractivity contribution is 7.99. The highest BCUT2D eigenvalue weighted by atomic mass is 35.5. The number of carbonyl (C=O) groups is 1. The van der Waals surface area contributed by atoms with Gasteiger partial charge in [-0.3, -0.25) is 4.79 Å². The molecule has 2 aromatic carbocycles. The number of carbonyl (C=O) groups excluding carboxylic acids is 1. The Kier molecular flexibility index (Phi) is 4.59. The Morgan fingerprint density at radius 2 is 1.88 bits per heavy atom. The van der Waals surface area contributed by atoms with Gasteiger partial charge in [0.2, 0.25) is 0 Å². The van der Waals surface area contributed by atoms with Gasteiger partial charge in [-0.1, -0.05) is 52.3 Å². The maximum absolute atomic E-state index is 13.1. The summed E-state index contributed by atoms with van der Waals surface area (Å²) in [6.07, 6.45) is 3.59. The number of hydrogen-bond donors (Lipinski definition) is 0. The molecule has 1 aliphatic carbocycles. The van der Waals surface area contributed by atoms with Crippen LogP contribution in [0.25, 0.3) is 0 Å². The summed E-state index contributed by atoms with van der Waals surface area (Å²) in [5.41, 5.74) is 1.10. The molecule has 1 heterocycles. The van der Waals surface area contributed by atoms with E-state index in [4.69, 9.17) is 27.7 Å². The van der Waals surface area contributed by atoms with Gasteiger partial charge in [0.25, 0.3) is 0 Å². The lowest BCUT2D eigenvalue weighted by Gasteiger charge is -2.10. The van der Waals surface area contributed by atoms with Crippen LogP contribution in [0.2, 0.25) is 10.0 Å². The summed E-state index contributed by atoms with van der Waals surface area (Å²) in [6, 6.07) is 12.8. The topological polar surface area (TPSA) is 43.1 Å². The van der Waals surface area contributed by atoms with Crippen molar-refractivity contribution in [3.8, 4) is 0 Å². The molecule has 0 unspecified atom stereocenters. The predicted molar refractivity (Wildman–Crippen MR) is 98.9 cm³/mol. The van der Waals surface area contributed by atoms with E-state index in [-0.39, 0.29) is 5.78 Å². The number of rotatable bonds is 5. The van der Waals surface area contributed by atoms with Crippen molar-refractivity contribution in [3.63, 3.8) is 0 Å². The van der Waals surface area contributed by atoms with Crippen LogP contribution in [0.4, 0.5) is 0 Å². The quantitative estimate of drug-likeness (QED) is 0.484. The molecule has 3 aromatic rings. The Hall–Kier alpha value is -1.75. The van der Waals surface area contributed by atoms with Crippen LogP contribution in [-0.2, 0) is 0 Å². The first-order valence-electron chi connectivity index (χ1n) is 7.84.